The van der Waals surface area contributed by atoms with Crippen LogP contribution in [-0.2, 0) is 15.0 Å². The summed E-state index contributed by atoms with van der Waals surface area (Å²) in [6, 6.07) is 0. The van der Waals surface area contributed by atoms with E-state index in [9.17, 15) is 24.6 Å². The third kappa shape index (κ3) is 3.98. The maximum atomic E-state index is 13.5. The molecule has 32 heavy (non-hydrogen) atoms. The van der Waals surface area contributed by atoms with Gasteiger partial charge in [0.15, 0.2) is 17.3 Å². The van der Waals surface area contributed by atoms with Crippen molar-refractivity contribution >= 4 is 42.2 Å². The molecule has 3 rings (SSSR count). The quantitative estimate of drug-likeness (QED) is 0.208. The number of halogens is 2. The van der Waals surface area contributed by atoms with Crippen LogP contribution in [0.4, 0.5) is 0 Å². The van der Waals surface area contributed by atoms with Gasteiger partial charge in [-0.15, -0.1) is 24.8 Å². The Morgan fingerprint density at radius 2 is 1.78 bits per heavy atom. The number of benzene rings is 1. The number of phenols is 2. The summed E-state index contributed by atoms with van der Waals surface area (Å²) in [5, 5.41) is 24.2. The number of fused-ring (bicyclic) bond motifs is 3. The van der Waals surface area contributed by atoms with Crippen LogP contribution in [-0.4, -0.2) is 40.7 Å². The predicted octanol–water partition coefficient (Wildman–Crippen LogP) is 2.74. The lowest BCUT2D eigenvalue weighted by Crippen LogP contribution is -2.41. The van der Waals surface area contributed by atoms with Crippen molar-refractivity contribution in [1.82, 2.24) is 5.32 Å². The maximum Gasteiger partial charge on any atom is 0.194 e. The molecule has 0 amide bonds. The lowest BCUT2D eigenvalue weighted by atomic mass is 9.70. The van der Waals surface area contributed by atoms with Gasteiger partial charge in [-0.25, -0.2) is 0 Å². The van der Waals surface area contributed by atoms with Crippen LogP contribution in [0.3, 0.4) is 0 Å². The minimum absolute atomic E-state index is 0. The highest BCUT2D eigenvalue weighted by Gasteiger charge is 2.56. The smallest absolute Gasteiger partial charge is 0.194 e. The zero-order valence-electron chi connectivity index (χ0n) is 18.3. The molecule has 0 saturated carbocycles. The number of hydrogen-bond donors (Lipinski definition) is 4. The number of rotatable bonds is 6. The van der Waals surface area contributed by atoms with Crippen LogP contribution in [0.2, 0.25) is 0 Å². The molecule has 0 unspecified atom stereocenters. The Balaban J connectivity index is 0.00000256. The van der Waals surface area contributed by atoms with Crippen LogP contribution < -0.4 is 15.8 Å². The first-order valence-corrected chi connectivity index (χ1v) is 9.81. The maximum absolute atomic E-state index is 13.5. The molecule has 10 heteroatoms. The molecule has 0 fully saturated rings. The van der Waals surface area contributed by atoms with Crippen LogP contribution in [0.15, 0.2) is 23.1 Å². The van der Waals surface area contributed by atoms with Crippen molar-refractivity contribution in [2.24, 2.45) is 5.73 Å². The number of Topliss-reactive ketones (excluding diaryl/α,β-unsaturated/α-hetero) is 2. The number of allylic oxidation sites excluding steroid dienone is 4. The lowest BCUT2D eigenvalue weighted by molar-refractivity contribution is -0.123. The number of hydrogen-bond acceptors (Lipinski definition) is 8. The first-order valence-electron chi connectivity index (χ1n) is 9.81. The molecule has 0 radical (unpaired) electrons. The van der Waals surface area contributed by atoms with Gasteiger partial charge in [-0.1, -0.05) is 0 Å². The summed E-state index contributed by atoms with van der Waals surface area (Å²) in [5.74, 6) is -2.36. The molecule has 1 aromatic carbocycles. The van der Waals surface area contributed by atoms with Crippen molar-refractivity contribution in [2.45, 2.75) is 46.0 Å². The molecule has 0 saturated heterocycles. The molecule has 1 aliphatic carbocycles. The second-order valence-electron chi connectivity index (χ2n) is 7.81. The van der Waals surface area contributed by atoms with Crippen molar-refractivity contribution in [2.75, 3.05) is 13.1 Å². The summed E-state index contributed by atoms with van der Waals surface area (Å²) < 4.78 is 5.73. The van der Waals surface area contributed by atoms with Crippen LogP contribution in [0.25, 0.3) is 0 Å². The normalized spacial score (nSPS) is 20.2. The summed E-state index contributed by atoms with van der Waals surface area (Å²) in [6.45, 7) is 7.00. The highest BCUT2D eigenvalue weighted by atomic mass is 35.5. The highest BCUT2D eigenvalue weighted by molar-refractivity contribution is 6.31. The van der Waals surface area contributed by atoms with Crippen molar-refractivity contribution in [3.8, 4) is 17.2 Å². The Morgan fingerprint density at radius 3 is 2.34 bits per heavy atom. The average molecular weight is 487 g/mol. The lowest BCUT2D eigenvalue weighted by Gasteiger charge is -2.29. The number of aromatic hydroxyl groups is 2. The fraction of sp³-hybridized carbons (Fsp3) is 0.409. The van der Waals surface area contributed by atoms with Gasteiger partial charge in [0.05, 0.1) is 11.1 Å². The van der Waals surface area contributed by atoms with Crippen LogP contribution in [0.1, 0.15) is 55.1 Å². The Labute approximate surface area is 198 Å². The SMILES string of the molecule is CC(=O)c1c(O)c(C)c(O)c2c1OC1=CC(=O)/C(=C(/C)NCCCCN)C(=O)[C@@]12C.Cl.Cl. The van der Waals surface area contributed by atoms with E-state index in [1.54, 1.807) is 13.8 Å². The summed E-state index contributed by atoms with van der Waals surface area (Å²) in [4.78, 5) is 38.4. The molecular weight excluding hydrogens is 459 g/mol. The third-order valence-corrected chi connectivity index (χ3v) is 5.78. The fourth-order valence-electron chi connectivity index (χ4n) is 4.00. The molecule has 5 N–H and O–H groups in total. The second-order valence-corrected chi connectivity index (χ2v) is 7.81. The largest absolute Gasteiger partial charge is 0.507 e. The summed E-state index contributed by atoms with van der Waals surface area (Å²) >= 11 is 0. The monoisotopic (exact) mass is 486 g/mol. The first-order chi connectivity index (χ1) is 14.1. The van der Waals surface area contributed by atoms with Crippen molar-refractivity contribution in [1.29, 1.82) is 0 Å². The average Bonchev–Trinajstić information content (AvgIpc) is 2.96. The Bertz CT molecular complexity index is 1050. The first kappa shape index (κ1) is 27.5. The molecule has 1 heterocycles. The van der Waals surface area contributed by atoms with Gasteiger partial charge >= 0.3 is 0 Å². The van der Waals surface area contributed by atoms with E-state index in [0.717, 1.165) is 12.8 Å². The number of nitrogens with one attached hydrogen (secondary N) is 1. The fourth-order valence-corrected chi connectivity index (χ4v) is 4.00. The highest BCUT2D eigenvalue weighted by Crippen LogP contribution is 2.57. The Kier molecular flexibility index (Phi) is 8.53. The van der Waals surface area contributed by atoms with E-state index in [4.69, 9.17) is 10.5 Å². The number of carbonyl (C=O) groups is 3. The van der Waals surface area contributed by atoms with Crippen molar-refractivity contribution in [3.05, 3.63) is 39.8 Å². The third-order valence-electron chi connectivity index (χ3n) is 5.78. The van der Waals surface area contributed by atoms with Gasteiger partial charge in [-0.3, -0.25) is 14.4 Å². The molecule has 0 aromatic heterocycles. The Hall–Kier alpha value is -2.55. The molecular formula is C22H28Cl2N2O6. The molecule has 0 spiro atoms. The van der Waals surface area contributed by atoms with E-state index in [-0.39, 0.29) is 64.3 Å². The number of nitrogens with two attached hydrogens (primary N) is 1. The number of phenolic OH excluding ortho intramolecular Hbond substituents is 2. The van der Waals surface area contributed by atoms with Gasteiger partial charge in [0.2, 0.25) is 0 Å². The van der Waals surface area contributed by atoms with Gasteiger partial charge < -0.3 is 26.0 Å². The van der Waals surface area contributed by atoms with E-state index in [1.807, 2.05) is 0 Å². The van der Waals surface area contributed by atoms with Crippen LogP contribution in [0, 0.1) is 6.92 Å². The molecule has 0 bridgehead atoms. The van der Waals surface area contributed by atoms with Gasteiger partial charge in [0.1, 0.15) is 34.0 Å². The van der Waals surface area contributed by atoms with Gasteiger partial charge in [0.25, 0.3) is 0 Å². The van der Waals surface area contributed by atoms with Crippen molar-refractivity contribution in [3.63, 3.8) is 0 Å². The Morgan fingerprint density at radius 1 is 1.16 bits per heavy atom. The van der Waals surface area contributed by atoms with E-state index < -0.39 is 28.5 Å². The zero-order valence-corrected chi connectivity index (χ0v) is 20.0. The van der Waals surface area contributed by atoms with E-state index >= 15 is 0 Å². The topological polar surface area (TPSA) is 139 Å². The number of carbonyl (C=O) groups excluding carboxylic acids is 3. The molecule has 1 aromatic rings. The summed E-state index contributed by atoms with van der Waals surface area (Å²) in [7, 11) is 0. The number of ketones is 3. The van der Waals surface area contributed by atoms with E-state index in [0.29, 0.717) is 18.8 Å². The minimum atomic E-state index is -1.49. The van der Waals surface area contributed by atoms with Gasteiger partial charge in [-0.05, 0) is 47.1 Å². The molecule has 2 aliphatic rings. The molecule has 1 aliphatic heterocycles. The summed E-state index contributed by atoms with van der Waals surface area (Å²) in [6.07, 6.45) is 2.80. The van der Waals surface area contributed by atoms with Crippen LogP contribution >= 0.6 is 24.8 Å². The molecule has 176 valence electrons. The van der Waals surface area contributed by atoms with E-state index in [1.165, 1.54) is 19.9 Å². The predicted molar refractivity (Wildman–Crippen MR) is 124 cm³/mol. The molecule has 8 nitrogen and oxygen atoms in total. The van der Waals surface area contributed by atoms with Crippen molar-refractivity contribution < 1.29 is 29.3 Å². The molecule has 1 atom stereocenters. The summed E-state index contributed by atoms with van der Waals surface area (Å²) in [5.41, 5.74) is 4.42. The number of unbranched alkanes of at least 4 members (excludes halogenated alkanes) is 1. The second kappa shape index (κ2) is 9.94. The number of ether oxygens (including phenoxy) is 1. The van der Waals surface area contributed by atoms with E-state index in [2.05, 4.69) is 5.32 Å². The van der Waals surface area contributed by atoms with Crippen LogP contribution in [0.5, 0.6) is 17.2 Å². The van der Waals surface area contributed by atoms with Gasteiger partial charge in [0, 0.05) is 23.9 Å². The van der Waals surface area contributed by atoms with Gasteiger partial charge in [-0.2, -0.15) is 0 Å². The standard InChI is InChI=1S/C22H26N2O6.2ClH/c1-10-18(27)16(12(3)25)20-17(19(10)28)22(4)14(30-20)9-13(26)15(21(22)29)11(2)24-8-6-5-7-23;;/h9,24,27-28H,5-8,23H2,1-4H3;2*1H/b15-11+;;/t22-;;/m0../s1. The zero-order chi connectivity index (χ0) is 22.4. The minimum Gasteiger partial charge on any atom is -0.507 e.